The number of nitrogens with two attached hydrogens (primary N) is 1. The summed E-state index contributed by atoms with van der Waals surface area (Å²) in [6.45, 7) is 9.96. The fourth-order valence-electron chi connectivity index (χ4n) is 1.73. The quantitative estimate of drug-likeness (QED) is 0.711. The lowest BCUT2D eigenvalue weighted by Gasteiger charge is -2.25. The van der Waals surface area contributed by atoms with Crippen LogP contribution in [0.3, 0.4) is 0 Å². The Kier molecular flexibility index (Phi) is 4.67. The summed E-state index contributed by atoms with van der Waals surface area (Å²) in [5, 5.41) is 12.6. The van der Waals surface area contributed by atoms with Gasteiger partial charge >= 0.3 is 0 Å². The Morgan fingerprint density at radius 2 is 2.06 bits per heavy atom. The van der Waals surface area contributed by atoms with E-state index in [4.69, 9.17) is 10.5 Å². The Labute approximate surface area is 108 Å². The zero-order valence-electron chi connectivity index (χ0n) is 11.7. The van der Waals surface area contributed by atoms with Crippen LogP contribution >= 0.6 is 0 Å². The number of aryl methyl sites for hydroxylation is 2. The molecule has 1 rings (SSSR count). The normalized spacial score (nSPS) is 13.5. The summed E-state index contributed by atoms with van der Waals surface area (Å²) in [7, 11) is 0. The fraction of sp³-hybridized carbons (Fsp3) is 0.615. The van der Waals surface area contributed by atoms with E-state index >= 15 is 0 Å². The molecule has 0 amide bonds. The summed E-state index contributed by atoms with van der Waals surface area (Å²) in [6.07, 6.45) is -1.08. The standard InChI is InChI=1S/C13H23N3O2/c1-8-6-11(15-9(2)10(8)7-14)16-12(17)18-13(3,4)5/h6,12,17H,7,14H2,1-5H3,(H,15,16). The van der Waals surface area contributed by atoms with Gasteiger partial charge in [-0.3, -0.25) is 0 Å². The molecule has 1 atom stereocenters. The molecular formula is C13H23N3O2. The summed E-state index contributed by atoms with van der Waals surface area (Å²) in [6, 6.07) is 1.85. The third-order valence-corrected chi connectivity index (χ3v) is 2.49. The van der Waals surface area contributed by atoms with Gasteiger partial charge in [0.1, 0.15) is 5.82 Å². The molecule has 0 aliphatic heterocycles. The molecule has 0 aliphatic rings. The van der Waals surface area contributed by atoms with Crippen LogP contribution in [0, 0.1) is 13.8 Å². The van der Waals surface area contributed by atoms with Gasteiger partial charge < -0.3 is 20.9 Å². The first-order valence-corrected chi connectivity index (χ1v) is 6.02. The van der Waals surface area contributed by atoms with Gasteiger partial charge in [-0.2, -0.15) is 0 Å². The predicted molar refractivity (Wildman–Crippen MR) is 72.1 cm³/mol. The van der Waals surface area contributed by atoms with Gasteiger partial charge in [-0.15, -0.1) is 0 Å². The summed E-state index contributed by atoms with van der Waals surface area (Å²) < 4.78 is 5.36. The molecule has 5 nitrogen and oxygen atoms in total. The topological polar surface area (TPSA) is 80.4 Å². The number of hydrogen-bond acceptors (Lipinski definition) is 5. The van der Waals surface area contributed by atoms with Crippen LogP contribution in [0.5, 0.6) is 0 Å². The van der Waals surface area contributed by atoms with Crippen LogP contribution in [0.2, 0.25) is 0 Å². The van der Waals surface area contributed by atoms with Crippen molar-refractivity contribution in [3.05, 3.63) is 22.9 Å². The Morgan fingerprint density at radius 3 is 2.50 bits per heavy atom. The number of pyridine rings is 1. The van der Waals surface area contributed by atoms with Crippen molar-refractivity contribution in [2.24, 2.45) is 5.73 Å². The van der Waals surface area contributed by atoms with Gasteiger partial charge in [0.2, 0.25) is 6.41 Å². The van der Waals surface area contributed by atoms with Crippen molar-refractivity contribution in [3.63, 3.8) is 0 Å². The lowest BCUT2D eigenvalue weighted by atomic mass is 10.1. The monoisotopic (exact) mass is 253 g/mol. The van der Waals surface area contributed by atoms with Crippen LogP contribution in [0.1, 0.15) is 37.6 Å². The van der Waals surface area contributed by atoms with Crippen LogP contribution in [-0.4, -0.2) is 22.1 Å². The zero-order chi connectivity index (χ0) is 13.9. The highest BCUT2D eigenvalue weighted by Gasteiger charge is 2.17. The molecule has 0 fully saturated rings. The van der Waals surface area contributed by atoms with E-state index in [1.807, 2.05) is 40.7 Å². The predicted octanol–water partition coefficient (Wildman–Crippen LogP) is 1.66. The van der Waals surface area contributed by atoms with Gasteiger partial charge in [-0.1, -0.05) is 0 Å². The van der Waals surface area contributed by atoms with E-state index in [0.717, 1.165) is 16.8 Å². The van der Waals surface area contributed by atoms with Gasteiger partial charge in [-0.05, 0) is 51.8 Å². The van der Waals surface area contributed by atoms with Crippen LogP contribution in [0.4, 0.5) is 5.82 Å². The highest BCUT2D eigenvalue weighted by Crippen LogP contribution is 2.17. The molecule has 0 radical (unpaired) electrons. The SMILES string of the molecule is Cc1cc(NC(O)OC(C)(C)C)nc(C)c1CN. The number of nitrogens with zero attached hydrogens (tertiary/aromatic N) is 1. The molecule has 0 spiro atoms. The second kappa shape index (κ2) is 5.65. The van der Waals surface area contributed by atoms with Crippen LogP contribution in [0.25, 0.3) is 0 Å². The molecule has 0 aromatic carbocycles. The van der Waals surface area contributed by atoms with Crippen LogP contribution < -0.4 is 11.1 Å². The number of rotatable bonds is 4. The fourth-order valence-corrected chi connectivity index (χ4v) is 1.73. The Balaban J connectivity index is 2.80. The molecule has 1 unspecified atom stereocenters. The maximum absolute atomic E-state index is 9.75. The molecule has 5 heteroatoms. The van der Waals surface area contributed by atoms with Gasteiger partial charge in [0.25, 0.3) is 0 Å². The van der Waals surface area contributed by atoms with Crippen LogP contribution in [-0.2, 0) is 11.3 Å². The molecule has 0 bridgehead atoms. The van der Waals surface area contributed by atoms with Crippen molar-refractivity contribution >= 4 is 5.82 Å². The lowest BCUT2D eigenvalue weighted by molar-refractivity contribution is -0.148. The molecule has 102 valence electrons. The minimum absolute atomic E-state index is 0.423. The maximum Gasteiger partial charge on any atom is 0.237 e. The number of nitrogens with one attached hydrogen (secondary N) is 1. The van der Waals surface area contributed by atoms with Crippen molar-refractivity contribution < 1.29 is 9.84 Å². The van der Waals surface area contributed by atoms with Crippen molar-refractivity contribution in [1.82, 2.24) is 4.98 Å². The first-order valence-electron chi connectivity index (χ1n) is 6.02. The minimum atomic E-state index is -1.08. The van der Waals surface area contributed by atoms with Crippen molar-refractivity contribution in [2.75, 3.05) is 5.32 Å². The number of aromatic nitrogens is 1. The summed E-state index contributed by atoms with van der Waals surface area (Å²) >= 11 is 0. The first-order chi connectivity index (χ1) is 8.23. The summed E-state index contributed by atoms with van der Waals surface area (Å²) in [5.41, 5.74) is 8.18. The van der Waals surface area contributed by atoms with Crippen molar-refractivity contribution in [2.45, 2.75) is 53.2 Å². The molecule has 4 N–H and O–H groups in total. The smallest absolute Gasteiger partial charge is 0.237 e. The zero-order valence-corrected chi connectivity index (χ0v) is 11.7. The Hall–Kier alpha value is -1.17. The summed E-state index contributed by atoms with van der Waals surface area (Å²) in [4.78, 5) is 4.34. The number of aliphatic hydroxyl groups excluding tert-OH is 1. The molecular weight excluding hydrogens is 230 g/mol. The van der Waals surface area contributed by atoms with E-state index in [2.05, 4.69) is 10.3 Å². The Bertz CT molecular complexity index is 390. The summed E-state index contributed by atoms with van der Waals surface area (Å²) in [5.74, 6) is 0.582. The van der Waals surface area contributed by atoms with Gasteiger partial charge in [0.05, 0.1) is 5.60 Å². The first kappa shape index (κ1) is 14.9. The van der Waals surface area contributed by atoms with E-state index < -0.39 is 12.0 Å². The number of anilines is 1. The van der Waals surface area contributed by atoms with Crippen molar-refractivity contribution in [1.29, 1.82) is 0 Å². The van der Waals surface area contributed by atoms with Crippen LogP contribution in [0.15, 0.2) is 6.07 Å². The lowest BCUT2D eigenvalue weighted by Crippen LogP contribution is -2.32. The third-order valence-electron chi connectivity index (χ3n) is 2.49. The molecule has 0 saturated carbocycles. The molecule has 1 aromatic heterocycles. The molecule has 18 heavy (non-hydrogen) atoms. The second-order valence-electron chi connectivity index (χ2n) is 5.32. The second-order valence-corrected chi connectivity index (χ2v) is 5.32. The third kappa shape index (κ3) is 4.25. The molecule has 1 aromatic rings. The van der Waals surface area contributed by atoms with Gasteiger partial charge in [-0.25, -0.2) is 4.98 Å². The number of hydrogen-bond donors (Lipinski definition) is 3. The molecule has 0 aliphatic carbocycles. The van der Waals surface area contributed by atoms with Gasteiger partial charge in [0.15, 0.2) is 0 Å². The van der Waals surface area contributed by atoms with Gasteiger partial charge in [0, 0.05) is 12.2 Å². The maximum atomic E-state index is 9.75. The average Bonchev–Trinajstić information content (AvgIpc) is 2.13. The average molecular weight is 253 g/mol. The highest BCUT2D eigenvalue weighted by atomic mass is 16.6. The largest absolute Gasteiger partial charge is 0.351 e. The number of ether oxygens (including phenoxy) is 1. The Morgan fingerprint density at radius 1 is 1.44 bits per heavy atom. The van der Waals surface area contributed by atoms with E-state index in [-0.39, 0.29) is 0 Å². The van der Waals surface area contributed by atoms with Crippen molar-refractivity contribution in [3.8, 4) is 0 Å². The molecule has 1 heterocycles. The highest BCUT2D eigenvalue weighted by molar-refractivity contribution is 5.43. The number of aliphatic hydroxyl groups is 1. The minimum Gasteiger partial charge on any atom is -0.351 e. The van der Waals surface area contributed by atoms with E-state index in [1.165, 1.54) is 0 Å². The van der Waals surface area contributed by atoms with E-state index in [0.29, 0.717) is 12.4 Å². The molecule has 0 saturated heterocycles. The van der Waals surface area contributed by atoms with E-state index in [1.54, 1.807) is 0 Å². The van der Waals surface area contributed by atoms with E-state index in [9.17, 15) is 5.11 Å².